The zero-order valence-electron chi connectivity index (χ0n) is 43.1. The summed E-state index contributed by atoms with van der Waals surface area (Å²) in [6.45, 7) is 10.8. The zero-order valence-corrected chi connectivity index (χ0v) is 45.5. The average molecular weight is 1080 g/mol. The van der Waals surface area contributed by atoms with E-state index in [1.807, 2.05) is 107 Å². The van der Waals surface area contributed by atoms with Crippen LogP contribution in [-0.2, 0) is 41.5 Å². The van der Waals surface area contributed by atoms with Gasteiger partial charge in [0.25, 0.3) is 0 Å². The Bertz CT molecular complexity index is 2770. The van der Waals surface area contributed by atoms with Crippen molar-refractivity contribution in [3.8, 4) is 22.4 Å². The second-order valence-corrected chi connectivity index (χ2v) is 21.4. The summed E-state index contributed by atoms with van der Waals surface area (Å²) in [5.74, 6) is -1.10. The Morgan fingerprint density at radius 2 is 1.47 bits per heavy atom. The molecule has 4 aromatic carbocycles. The molecule has 400 valence electrons. The molecule has 0 bridgehead atoms. The van der Waals surface area contributed by atoms with Gasteiger partial charge in [0.15, 0.2) is 5.78 Å². The van der Waals surface area contributed by atoms with Crippen molar-refractivity contribution in [2.45, 2.75) is 90.9 Å². The molecule has 17 heteroatoms. The number of nitrogens with zero attached hydrogens (tertiary/aromatic N) is 1. The Hall–Kier alpha value is -5.88. The number of aliphatic hydroxyl groups is 2. The molecular weight excluding hydrogens is 1020 g/mol. The molecule has 75 heavy (non-hydrogen) atoms. The van der Waals surface area contributed by atoms with Gasteiger partial charge in [-0.15, -0.1) is 0 Å². The number of rotatable bonds is 28. The maximum Gasteiger partial charge on any atom is 0.407 e. The molecule has 1 aromatic heterocycles. The number of dihydropyridines is 1. The van der Waals surface area contributed by atoms with Crippen molar-refractivity contribution in [3.63, 3.8) is 0 Å². The van der Waals surface area contributed by atoms with E-state index in [4.69, 9.17) is 30.5 Å². The molecule has 1 amide bonds. The van der Waals surface area contributed by atoms with E-state index in [9.17, 15) is 33.8 Å². The summed E-state index contributed by atoms with van der Waals surface area (Å²) in [7, 11) is 2.88. The standard InChI is InChI=1S/C58H67ClFN3O10S2/c1-6-71-57(68)53-48(62-39(5)38(4)51(53)46-19-13-14-20-47(46)59)36-70-28-26-61-58(69)73-30-32-75-74-31-29-72-50(67)35-45(65)34-44(64)25-27-63-55(37(2)3)54(49(66)33-40-15-9-7-10-16-40)52(41-17-11-8-12-18-41)56(63)42-21-23-43(60)24-22-42/h7-24,37,44-45,51,62,64-65H,6,25-36H2,1-5H3,(H,61,69)/t44-,45-,51?/m1/s1. The molecule has 4 N–H and O–H groups in total. The normalized spacial score (nSPS) is 14.3. The van der Waals surface area contributed by atoms with Gasteiger partial charge in [0.1, 0.15) is 19.0 Å². The molecule has 1 aliphatic heterocycles. The van der Waals surface area contributed by atoms with E-state index in [-0.39, 0.29) is 83.5 Å². The fourth-order valence-electron chi connectivity index (χ4n) is 9.05. The Kier molecular flexibility index (Phi) is 22.9. The first-order valence-corrected chi connectivity index (χ1v) is 28.0. The number of nitrogens with one attached hydrogen (secondary N) is 2. The van der Waals surface area contributed by atoms with E-state index in [2.05, 4.69) is 15.2 Å². The van der Waals surface area contributed by atoms with Crippen LogP contribution in [0, 0.1) is 5.82 Å². The molecular formula is C58H67ClFN3O10S2. The highest BCUT2D eigenvalue weighted by molar-refractivity contribution is 8.76. The van der Waals surface area contributed by atoms with E-state index >= 15 is 0 Å². The number of aromatic nitrogens is 1. The van der Waals surface area contributed by atoms with Crippen LogP contribution in [0.4, 0.5) is 9.18 Å². The molecule has 1 unspecified atom stereocenters. The largest absolute Gasteiger partial charge is 0.465 e. The third-order valence-electron chi connectivity index (χ3n) is 12.5. The van der Waals surface area contributed by atoms with E-state index in [0.29, 0.717) is 38.9 Å². The van der Waals surface area contributed by atoms with Crippen LogP contribution in [0.5, 0.6) is 0 Å². The highest BCUT2D eigenvalue weighted by Gasteiger charge is 2.35. The fourth-order valence-corrected chi connectivity index (χ4v) is 10.9. The number of ketones is 1. The fraction of sp³-hybridized carbons (Fsp3) is 0.379. The van der Waals surface area contributed by atoms with E-state index in [0.717, 1.165) is 44.9 Å². The predicted molar refractivity (Wildman–Crippen MR) is 295 cm³/mol. The maximum atomic E-state index is 14.5. The summed E-state index contributed by atoms with van der Waals surface area (Å²) in [5.41, 5.74) is 8.84. The van der Waals surface area contributed by atoms with Crippen LogP contribution in [-0.4, -0.2) is 102 Å². The molecule has 13 nitrogen and oxygen atoms in total. The SMILES string of the molecule is CCOC(=O)C1=C(COCCNC(=O)OCCSSCCOC(=O)C[C@H](O)C[C@H](O)CCn2c(-c3ccc(F)cc3)c(-c3ccccc3)c(C(=O)Cc3ccccc3)c2C(C)C)NC(C)=C(C)C1c1ccccc1Cl. The van der Waals surface area contributed by atoms with Gasteiger partial charge >= 0.3 is 18.0 Å². The Labute approximate surface area is 452 Å². The van der Waals surface area contributed by atoms with Crippen LogP contribution in [0.2, 0.25) is 5.02 Å². The van der Waals surface area contributed by atoms with Crippen LogP contribution in [0.15, 0.2) is 132 Å². The van der Waals surface area contributed by atoms with Gasteiger partial charge in [0.2, 0.25) is 0 Å². The van der Waals surface area contributed by atoms with Crippen LogP contribution in [0.3, 0.4) is 0 Å². The molecule has 3 atom stereocenters. The van der Waals surface area contributed by atoms with Gasteiger partial charge in [-0.1, -0.05) is 126 Å². The molecule has 0 saturated carbocycles. The highest BCUT2D eigenvalue weighted by Crippen LogP contribution is 2.44. The second kappa shape index (κ2) is 29.4. The molecule has 0 aliphatic carbocycles. The molecule has 0 fully saturated rings. The number of carbonyl (C=O) groups is 4. The maximum absolute atomic E-state index is 14.5. The number of benzene rings is 4. The number of aliphatic hydroxyl groups excluding tert-OH is 2. The minimum absolute atomic E-state index is 0.0598. The number of esters is 2. The van der Waals surface area contributed by atoms with Crippen LogP contribution in [0.25, 0.3) is 22.4 Å². The van der Waals surface area contributed by atoms with Crippen molar-refractivity contribution in [2.75, 3.05) is 51.1 Å². The minimum atomic E-state index is -1.16. The molecule has 6 rings (SSSR count). The number of ether oxygens (including phenoxy) is 4. The summed E-state index contributed by atoms with van der Waals surface area (Å²) < 4.78 is 38.3. The summed E-state index contributed by atoms with van der Waals surface area (Å²) in [4.78, 5) is 52.7. The summed E-state index contributed by atoms with van der Waals surface area (Å²) >= 11 is 6.58. The number of amides is 1. The zero-order chi connectivity index (χ0) is 53.9. The first-order valence-electron chi connectivity index (χ1n) is 25.2. The number of carbonyl (C=O) groups excluding carboxylic acids is 4. The molecule has 2 heterocycles. The topological polar surface area (TPSA) is 175 Å². The molecule has 0 radical (unpaired) electrons. The van der Waals surface area contributed by atoms with Crippen LogP contribution in [0.1, 0.15) is 92.9 Å². The van der Waals surface area contributed by atoms with Gasteiger partial charge in [-0.05, 0) is 97.7 Å². The van der Waals surface area contributed by atoms with Gasteiger partial charge in [-0.25, -0.2) is 14.0 Å². The number of hydrogen-bond acceptors (Lipinski definition) is 13. The summed E-state index contributed by atoms with van der Waals surface area (Å²) in [6, 6.07) is 32.8. The van der Waals surface area contributed by atoms with Crippen molar-refractivity contribution < 1.29 is 52.7 Å². The quantitative estimate of drug-likeness (QED) is 0.0123. The predicted octanol–water partition coefficient (Wildman–Crippen LogP) is 11.2. The lowest BCUT2D eigenvalue weighted by atomic mass is 9.81. The lowest BCUT2D eigenvalue weighted by molar-refractivity contribution is -0.145. The van der Waals surface area contributed by atoms with Gasteiger partial charge in [-0.3, -0.25) is 9.59 Å². The van der Waals surface area contributed by atoms with Crippen molar-refractivity contribution in [2.24, 2.45) is 0 Å². The van der Waals surface area contributed by atoms with Gasteiger partial charge < -0.3 is 44.4 Å². The monoisotopic (exact) mass is 1080 g/mol. The smallest absolute Gasteiger partial charge is 0.407 e. The molecule has 0 saturated heterocycles. The van der Waals surface area contributed by atoms with Crippen molar-refractivity contribution in [3.05, 3.63) is 165 Å². The number of alkyl carbamates (subject to hydrolysis) is 1. The summed E-state index contributed by atoms with van der Waals surface area (Å²) in [6.07, 6.45) is -2.76. The first kappa shape index (κ1) is 58.4. The van der Waals surface area contributed by atoms with Gasteiger partial charge in [0, 0.05) is 64.5 Å². The Morgan fingerprint density at radius 1 is 0.813 bits per heavy atom. The van der Waals surface area contributed by atoms with Gasteiger partial charge in [-0.2, -0.15) is 0 Å². The molecule has 5 aromatic rings. The molecule has 0 spiro atoms. The molecule has 1 aliphatic rings. The summed E-state index contributed by atoms with van der Waals surface area (Å²) in [5, 5.41) is 28.6. The number of hydrogen-bond donors (Lipinski definition) is 4. The number of allylic oxidation sites excluding steroid dienone is 2. The van der Waals surface area contributed by atoms with Gasteiger partial charge in [0.05, 0.1) is 55.4 Å². The third-order valence-corrected chi connectivity index (χ3v) is 15.2. The lowest BCUT2D eigenvalue weighted by Gasteiger charge is -2.31. The third kappa shape index (κ3) is 16.6. The van der Waals surface area contributed by atoms with Crippen molar-refractivity contribution in [1.82, 2.24) is 15.2 Å². The highest BCUT2D eigenvalue weighted by atomic mass is 35.5. The van der Waals surface area contributed by atoms with E-state index in [1.165, 1.54) is 33.7 Å². The number of Topliss-reactive ketones (excluding diaryl/α,β-unsaturated/α-hetero) is 1. The minimum Gasteiger partial charge on any atom is -0.465 e. The second-order valence-electron chi connectivity index (χ2n) is 18.3. The van der Waals surface area contributed by atoms with E-state index < -0.39 is 42.0 Å². The number of halogens is 2. The van der Waals surface area contributed by atoms with E-state index in [1.54, 1.807) is 25.1 Å². The Balaban J connectivity index is 0.914. The van der Waals surface area contributed by atoms with Crippen molar-refractivity contribution in [1.29, 1.82) is 0 Å². The average Bonchev–Trinajstić information content (AvgIpc) is 3.76. The van der Waals surface area contributed by atoms with Crippen LogP contribution < -0.4 is 10.6 Å². The van der Waals surface area contributed by atoms with Crippen molar-refractivity contribution >= 4 is 57.0 Å². The van der Waals surface area contributed by atoms with Crippen LogP contribution >= 0.6 is 33.2 Å². The lowest BCUT2D eigenvalue weighted by Crippen LogP contribution is -2.33. The Morgan fingerprint density at radius 3 is 2.13 bits per heavy atom. The first-order chi connectivity index (χ1) is 36.2.